The maximum absolute atomic E-state index is 12.9. The largest absolute Gasteiger partial charge is 0.299 e. The summed E-state index contributed by atoms with van der Waals surface area (Å²) in [5.74, 6) is -0.643. The summed E-state index contributed by atoms with van der Waals surface area (Å²) in [7, 11) is 0. The second kappa shape index (κ2) is 6.36. The minimum Gasteiger partial charge on any atom is -0.299 e. The lowest BCUT2D eigenvalue weighted by atomic mass is 9.68. The minimum atomic E-state index is -1.24. The summed E-state index contributed by atoms with van der Waals surface area (Å²) >= 11 is 0. The van der Waals surface area contributed by atoms with Crippen LogP contribution in [0.15, 0.2) is 66.7 Å². The summed E-state index contributed by atoms with van der Waals surface area (Å²) in [6, 6.07) is 16.2. The van der Waals surface area contributed by atoms with Crippen molar-refractivity contribution in [2.45, 2.75) is 19.8 Å². The molecule has 0 unspecified atom stereocenters. The van der Waals surface area contributed by atoms with E-state index in [0.717, 1.165) is 5.56 Å². The van der Waals surface area contributed by atoms with Gasteiger partial charge >= 0.3 is 0 Å². The van der Waals surface area contributed by atoms with E-state index in [4.69, 9.17) is 0 Å². The van der Waals surface area contributed by atoms with Crippen LogP contribution in [0.2, 0.25) is 0 Å². The van der Waals surface area contributed by atoms with E-state index in [9.17, 15) is 14.4 Å². The van der Waals surface area contributed by atoms with Gasteiger partial charge in [-0.2, -0.15) is 0 Å². The number of hydrogen-bond acceptors (Lipinski definition) is 3. The average Bonchev–Trinajstić information content (AvgIpc) is 2.62. The summed E-state index contributed by atoms with van der Waals surface area (Å²) in [4.78, 5) is 37.5. The van der Waals surface area contributed by atoms with Crippen LogP contribution < -0.4 is 0 Å². The van der Waals surface area contributed by atoms with Crippen LogP contribution in [0.1, 0.15) is 39.6 Å². The monoisotopic (exact) mass is 318 g/mol. The molecule has 24 heavy (non-hydrogen) atoms. The molecule has 0 aliphatic heterocycles. The Morgan fingerprint density at radius 2 is 1.67 bits per heavy atom. The van der Waals surface area contributed by atoms with Gasteiger partial charge in [-0.1, -0.05) is 60.7 Å². The van der Waals surface area contributed by atoms with Crippen molar-refractivity contribution in [2.75, 3.05) is 0 Å². The van der Waals surface area contributed by atoms with E-state index < -0.39 is 5.41 Å². The number of carbonyl (C=O) groups excluding carboxylic acids is 3. The zero-order valence-electron chi connectivity index (χ0n) is 13.5. The topological polar surface area (TPSA) is 51.2 Å². The number of aryl methyl sites for hydroxylation is 1. The highest BCUT2D eigenvalue weighted by molar-refractivity contribution is 6.18. The van der Waals surface area contributed by atoms with Crippen molar-refractivity contribution in [3.63, 3.8) is 0 Å². The zero-order chi connectivity index (χ0) is 17.2. The molecular formula is C21H18O3. The number of carbonyl (C=O) groups is 3. The fraction of sp³-hybridized carbons (Fsp3) is 0.190. The molecule has 0 aromatic heterocycles. The molecule has 1 aliphatic carbocycles. The van der Waals surface area contributed by atoms with Crippen molar-refractivity contribution in [2.24, 2.45) is 5.41 Å². The van der Waals surface area contributed by atoms with Crippen molar-refractivity contribution >= 4 is 17.3 Å². The lowest BCUT2D eigenvalue weighted by Crippen LogP contribution is -2.40. The molecular weight excluding hydrogens is 300 g/mol. The highest BCUT2D eigenvalue weighted by atomic mass is 16.2. The Morgan fingerprint density at radius 3 is 2.38 bits per heavy atom. The van der Waals surface area contributed by atoms with E-state index in [2.05, 4.69) is 0 Å². The van der Waals surface area contributed by atoms with E-state index in [-0.39, 0.29) is 17.3 Å². The average molecular weight is 318 g/mol. The van der Waals surface area contributed by atoms with E-state index >= 15 is 0 Å². The van der Waals surface area contributed by atoms with Crippen LogP contribution in [0.25, 0.3) is 0 Å². The zero-order valence-corrected chi connectivity index (χ0v) is 13.5. The lowest BCUT2D eigenvalue weighted by molar-refractivity contribution is -0.122. The summed E-state index contributed by atoms with van der Waals surface area (Å²) < 4.78 is 0. The van der Waals surface area contributed by atoms with Crippen LogP contribution in [0.3, 0.4) is 0 Å². The van der Waals surface area contributed by atoms with Crippen LogP contribution in [-0.2, 0) is 11.2 Å². The summed E-state index contributed by atoms with van der Waals surface area (Å²) in [5, 5.41) is 0. The molecule has 1 aliphatic rings. The van der Waals surface area contributed by atoms with Crippen LogP contribution in [0.4, 0.5) is 0 Å². The number of Topliss-reactive ketones (excluding diaryl/α,β-unsaturated/α-hetero) is 2. The van der Waals surface area contributed by atoms with Gasteiger partial charge in [0.25, 0.3) is 0 Å². The lowest BCUT2D eigenvalue weighted by Gasteiger charge is -2.31. The van der Waals surface area contributed by atoms with Crippen molar-refractivity contribution < 1.29 is 14.4 Å². The number of fused-ring (bicyclic) bond motifs is 1. The summed E-state index contributed by atoms with van der Waals surface area (Å²) in [6.45, 7) is 1.42. The second-order valence-corrected chi connectivity index (χ2v) is 6.08. The van der Waals surface area contributed by atoms with Crippen molar-refractivity contribution in [1.29, 1.82) is 0 Å². The molecule has 0 radical (unpaired) electrons. The van der Waals surface area contributed by atoms with Gasteiger partial charge in [0.2, 0.25) is 0 Å². The normalized spacial score (nSPS) is 20.0. The van der Waals surface area contributed by atoms with Gasteiger partial charge in [-0.3, -0.25) is 14.4 Å². The van der Waals surface area contributed by atoms with E-state index in [1.165, 1.54) is 19.1 Å². The Labute approximate surface area is 141 Å². The molecule has 3 rings (SSSR count). The molecule has 2 aromatic carbocycles. The summed E-state index contributed by atoms with van der Waals surface area (Å²) in [5.41, 5.74) is 0.840. The van der Waals surface area contributed by atoms with E-state index in [0.29, 0.717) is 24.0 Å². The van der Waals surface area contributed by atoms with Gasteiger partial charge < -0.3 is 0 Å². The van der Waals surface area contributed by atoms with E-state index in [1.807, 2.05) is 18.2 Å². The highest BCUT2D eigenvalue weighted by Crippen LogP contribution is 2.37. The van der Waals surface area contributed by atoms with Gasteiger partial charge in [-0.25, -0.2) is 0 Å². The smallest absolute Gasteiger partial charge is 0.185 e. The summed E-state index contributed by atoms with van der Waals surface area (Å²) in [6.07, 6.45) is 3.91. The molecule has 120 valence electrons. The van der Waals surface area contributed by atoms with Gasteiger partial charge in [0.15, 0.2) is 11.6 Å². The first kappa shape index (κ1) is 16.1. The molecule has 3 nitrogen and oxygen atoms in total. The number of benzene rings is 2. The molecule has 0 saturated carbocycles. The molecule has 0 spiro atoms. The molecule has 0 fully saturated rings. The van der Waals surface area contributed by atoms with Gasteiger partial charge in [0.05, 0.1) is 0 Å². The van der Waals surface area contributed by atoms with Gasteiger partial charge in [0, 0.05) is 11.1 Å². The molecule has 0 N–H and O–H groups in total. The third kappa shape index (κ3) is 2.73. The van der Waals surface area contributed by atoms with Crippen molar-refractivity contribution in [3.05, 3.63) is 83.4 Å². The molecule has 0 heterocycles. The first-order chi connectivity index (χ1) is 11.5. The molecule has 3 heteroatoms. The Morgan fingerprint density at radius 1 is 1.00 bits per heavy atom. The predicted molar refractivity (Wildman–Crippen MR) is 92.1 cm³/mol. The van der Waals surface area contributed by atoms with E-state index in [1.54, 1.807) is 36.4 Å². The van der Waals surface area contributed by atoms with Gasteiger partial charge in [-0.05, 0) is 31.4 Å². The Balaban J connectivity index is 1.96. The predicted octanol–water partition coefficient (Wildman–Crippen LogP) is 3.83. The fourth-order valence-corrected chi connectivity index (χ4v) is 3.17. The molecule has 0 bridgehead atoms. The van der Waals surface area contributed by atoms with Gasteiger partial charge in [0.1, 0.15) is 11.2 Å². The van der Waals surface area contributed by atoms with Crippen LogP contribution in [0, 0.1) is 5.41 Å². The third-order valence-electron chi connectivity index (χ3n) is 4.66. The first-order valence-electron chi connectivity index (χ1n) is 7.97. The number of allylic oxidation sites excluding steroid dienone is 2. The number of ketones is 3. The molecule has 2 aromatic rings. The Bertz CT molecular complexity index is 833. The van der Waals surface area contributed by atoms with Crippen LogP contribution >= 0.6 is 0 Å². The Kier molecular flexibility index (Phi) is 4.26. The Hall–Kier alpha value is -2.81. The van der Waals surface area contributed by atoms with Crippen LogP contribution in [0.5, 0.6) is 0 Å². The van der Waals surface area contributed by atoms with Crippen molar-refractivity contribution in [1.82, 2.24) is 0 Å². The maximum atomic E-state index is 12.9. The standard InChI is InChI=1S/C21H18O3/c1-15(22)21(14-12-19(23)17-8-3-2-4-9-17)13-11-16-7-5-6-10-18(16)20(21)24/h2-10,12,14H,11,13H2,1H3/b14-12-/t21-/m0/s1. The molecule has 1 atom stereocenters. The van der Waals surface area contributed by atoms with Gasteiger partial charge in [-0.15, -0.1) is 0 Å². The quantitative estimate of drug-likeness (QED) is 0.489. The van der Waals surface area contributed by atoms with Crippen LogP contribution in [-0.4, -0.2) is 17.3 Å². The number of hydrogen-bond donors (Lipinski definition) is 0. The first-order valence-corrected chi connectivity index (χ1v) is 7.97. The highest BCUT2D eigenvalue weighted by Gasteiger charge is 2.44. The molecule has 0 saturated heterocycles. The number of rotatable bonds is 4. The SMILES string of the molecule is CC(=O)[C@@]1(/C=C\C(=O)c2ccccc2)CCc2ccccc2C1=O. The van der Waals surface area contributed by atoms with Crippen molar-refractivity contribution in [3.8, 4) is 0 Å². The molecule has 0 amide bonds. The fourth-order valence-electron chi connectivity index (χ4n) is 3.17. The minimum absolute atomic E-state index is 0.206. The maximum Gasteiger partial charge on any atom is 0.185 e. The third-order valence-corrected chi connectivity index (χ3v) is 4.66. The second-order valence-electron chi connectivity index (χ2n) is 6.08.